The Morgan fingerprint density at radius 1 is 0.531 bits per heavy atom. The minimum Gasteiger partial charge on any atom is -0.302 e. The molecular formula is C30H20N2. The van der Waals surface area contributed by atoms with Crippen LogP contribution in [0.15, 0.2) is 121 Å². The number of hydrogen-bond acceptors (Lipinski definition) is 0. The van der Waals surface area contributed by atoms with Crippen molar-refractivity contribution >= 4 is 38.2 Å². The summed E-state index contributed by atoms with van der Waals surface area (Å²) in [7, 11) is 0. The van der Waals surface area contributed by atoms with Gasteiger partial charge in [0.25, 0.3) is 0 Å². The van der Waals surface area contributed by atoms with E-state index in [4.69, 9.17) is 0 Å². The number of nitrogens with zero attached hydrogens (tertiary/aromatic N) is 2. The van der Waals surface area contributed by atoms with Crippen LogP contribution in [0.3, 0.4) is 0 Å². The first-order valence-corrected chi connectivity index (χ1v) is 11.0. The lowest BCUT2D eigenvalue weighted by molar-refractivity contribution is 1.10. The van der Waals surface area contributed by atoms with E-state index in [1.54, 1.807) is 0 Å². The number of rotatable bonds is 2. The summed E-state index contributed by atoms with van der Waals surface area (Å²) in [5.41, 5.74) is 7.37. The van der Waals surface area contributed by atoms with Gasteiger partial charge in [0.2, 0.25) is 0 Å². The molecule has 0 aliphatic carbocycles. The van der Waals surface area contributed by atoms with Crippen molar-refractivity contribution in [3.8, 4) is 16.8 Å². The van der Waals surface area contributed by atoms with Gasteiger partial charge in [-0.1, -0.05) is 78.9 Å². The fourth-order valence-electron chi connectivity index (χ4n) is 5.14. The molecule has 0 radical (unpaired) electrons. The standard InChI is InChI=1S/C30H20N2/c1-2-12-24(13-3-1)32-26-15-7-6-14-25(26)29-28(27-16-8-9-19-31(27)30(29)32)23-18-17-21-10-4-5-11-22(21)20-23/h1-20H. The lowest BCUT2D eigenvalue weighted by Gasteiger charge is -2.08. The van der Waals surface area contributed by atoms with Crippen molar-refractivity contribution in [1.82, 2.24) is 8.97 Å². The van der Waals surface area contributed by atoms with E-state index in [1.165, 1.54) is 55.0 Å². The molecule has 7 aromatic rings. The van der Waals surface area contributed by atoms with Crippen LogP contribution in [0.25, 0.3) is 55.0 Å². The number of fused-ring (bicyclic) bond motifs is 6. The van der Waals surface area contributed by atoms with E-state index in [9.17, 15) is 0 Å². The van der Waals surface area contributed by atoms with Gasteiger partial charge in [0.15, 0.2) is 0 Å². The summed E-state index contributed by atoms with van der Waals surface area (Å²) in [6.45, 7) is 0. The predicted molar refractivity (Wildman–Crippen MR) is 135 cm³/mol. The van der Waals surface area contributed by atoms with E-state index in [1.807, 2.05) is 0 Å². The van der Waals surface area contributed by atoms with Gasteiger partial charge in [-0.05, 0) is 52.7 Å². The SMILES string of the molecule is c1ccc(-n2c3ccccc3c3c(-c4ccc5ccccc5c4)c4ccccn4c32)cc1. The Kier molecular flexibility index (Phi) is 3.58. The van der Waals surface area contributed by atoms with Crippen molar-refractivity contribution in [2.45, 2.75) is 0 Å². The Hall–Kier alpha value is -4.30. The zero-order chi connectivity index (χ0) is 21.1. The van der Waals surface area contributed by atoms with Crippen LogP contribution in [0.5, 0.6) is 0 Å². The maximum absolute atomic E-state index is 2.39. The van der Waals surface area contributed by atoms with Gasteiger partial charge in [-0.2, -0.15) is 0 Å². The average Bonchev–Trinajstić information content (AvgIpc) is 3.37. The van der Waals surface area contributed by atoms with Crippen LogP contribution < -0.4 is 0 Å². The first-order chi connectivity index (χ1) is 15.9. The molecule has 0 spiro atoms. The van der Waals surface area contributed by atoms with Gasteiger partial charge < -0.3 is 4.40 Å². The van der Waals surface area contributed by atoms with Crippen molar-refractivity contribution in [3.63, 3.8) is 0 Å². The largest absolute Gasteiger partial charge is 0.302 e. The van der Waals surface area contributed by atoms with Crippen molar-refractivity contribution in [3.05, 3.63) is 121 Å². The Balaban J connectivity index is 1.71. The Morgan fingerprint density at radius 2 is 1.25 bits per heavy atom. The fourth-order valence-corrected chi connectivity index (χ4v) is 5.14. The van der Waals surface area contributed by atoms with Crippen LogP contribution in [0, 0.1) is 0 Å². The first-order valence-electron chi connectivity index (χ1n) is 11.0. The molecule has 0 aliphatic rings. The molecule has 0 fully saturated rings. The molecule has 0 unspecified atom stereocenters. The third-order valence-electron chi connectivity index (χ3n) is 6.50. The molecule has 3 heterocycles. The Labute approximate surface area is 185 Å². The third kappa shape index (κ3) is 2.35. The van der Waals surface area contributed by atoms with Crippen LogP contribution >= 0.6 is 0 Å². The van der Waals surface area contributed by atoms with Crippen molar-refractivity contribution in [2.75, 3.05) is 0 Å². The molecule has 32 heavy (non-hydrogen) atoms. The van der Waals surface area contributed by atoms with E-state index in [2.05, 4.69) is 130 Å². The van der Waals surface area contributed by atoms with Gasteiger partial charge in [-0.3, -0.25) is 4.57 Å². The second-order valence-electron chi connectivity index (χ2n) is 8.28. The second kappa shape index (κ2) is 6.60. The zero-order valence-corrected chi connectivity index (χ0v) is 17.4. The van der Waals surface area contributed by atoms with E-state index < -0.39 is 0 Å². The highest BCUT2D eigenvalue weighted by molar-refractivity contribution is 6.20. The van der Waals surface area contributed by atoms with Gasteiger partial charge in [-0.25, -0.2) is 0 Å². The van der Waals surface area contributed by atoms with Crippen LogP contribution in [-0.2, 0) is 0 Å². The van der Waals surface area contributed by atoms with E-state index in [-0.39, 0.29) is 0 Å². The molecule has 150 valence electrons. The molecule has 0 atom stereocenters. The average molecular weight is 409 g/mol. The number of benzene rings is 4. The van der Waals surface area contributed by atoms with Crippen LogP contribution in [-0.4, -0.2) is 8.97 Å². The van der Waals surface area contributed by atoms with E-state index in [0.717, 1.165) is 0 Å². The maximum Gasteiger partial charge on any atom is 0.131 e. The van der Waals surface area contributed by atoms with Crippen molar-refractivity contribution in [1.29, 1.82) is 0 Å². The summed E-state index contributed by atoms with van der Waals surface area (Å²) < 4.78 is 4.73. The third-order valence-corrected chi connectivity index (χ3v) is 6.50. The minimum atomic E-state index is 1.17. The molecule has 0 aliphatic heterocycles. The normalized spacial score (nSPS) is 11.8. The molecule has 0 saturated carbocycles. The molecule has 0 saturated heterocycles. The Bertz CT molecular complexity index is 1760. The van der Waals surface area contributed by atoms with Gasteiger partial charge in [-0.15, -0.1) is 0 Å². The summed E-state index contributed by atoms with van der Waals surface area (Å²) in [5, 5.41) is 5.10. The van der Waals surface area contributed by atoms with Crippen LogP contribution in [0.1, 0.15) is 0 Å². The van der Waals surface area contributed by atoms with Crippen molar-refractivity contribution in [2.24, 2.45) is 0 Å². The van der Waals surface area contributed by atoms with Gasteiger partial charge in [0.05, 0.1) is 11.0 Å². The highest BCUT2D eigenvalue weighted by atomic mass is 15.1. The van der Waals surface area contributed by atoms with Crippen molar-refractivity contribution < 1.29 is 0 Å². The summed E-state index contributed by atoms with van der Waals surface area (Å²) in [5.74, 6) is 0. The number of para-hydroxylation sites is 2. The lowest BCUT2D eigenvalue weighted by atomic mass is 9.99. The quantitative estimate of drug-likeness (QED) is 0.275. The fraction of sp³-hybridized carbons (Fsp3) is 0. The molecule has 0 bridgehead atoms. The second-order valence-corrected chi connectivity index (χ2v) is 8.28. The zero-order valence-electron chi connectivity index (χ0n) is 17.4. The number of aromatic nitrogens is 2. The van der Waals surface area contributed by atoms with Gasteiger partial charge in [0.1, 0.15) is 5.65 Å². The highest BCUT2D eigenvalue weighted by Gasteiger charge is 2.22. The molecule has 0 N–H and O–H groups in total. The smallest absolute Gasteiger partial charge is 0.131 e. The van der Waals surface area contributed by atoms with E-state index in [0.29, 0.717) is 0 Å². The number of pyridine rings is 1. The summed E-state index contributed by atoms with van der Waals surface area (Å²) in [4.78, 5) is 0. The number of hydrogen-bond donors (Lipinski definition) is 0. The summed E-state index contributed by atoms with van der Waals surface area (Å²) in [6.07, 6.45) is 2.18. The summed E-state index contributed by atoms with van der Waals surface area (Å²) in [6, 6.07) is 41.3. The molecule has 4 aromatic carbocycles. The molecule has 3 aromatic heterocycles. The molecule has 0 amide bonds. The topological polar surface area (TPSA) is 9.34 Å². The van der Waals surface area contributed by atoms with Gasteiger partial charge >= 0.3 is 0 Å². The first kappa shape index (κ1) is 17.4. The maximum atomic E-state index is 2.39. The summed E-state index contributed by atoms with van der Waals surface area (Å²) >= 11 is 0. The van der Waals surface area contributed by atoms with Crippen LogP contribution in [0.4, 0.5) is 0 Å². The lowest BCUT2D eigenvalue weighted by Crippen LogP contribution is -1.96. The molecular weight excluding hydrogens is 388 g/mol. The predicted octanol–water partition coefficient (Wildman–Crippen LogP) is 7.86. The molecule has 7 rings (SSSR count). The monoisotopic (exact) mass is 408 g/mol. The Morgan fingerprint density at radius 3 is 2.16 bits per heavy atom. The van der Waals surface area contributed by atoms with Gasteiger partial charge in [0, 0.05) is 28.2 Å². The molecule has 2 nitrogen and oxygen atoms in total. The van der Waals surface area contributed by atoms with E-state index >= 15 is 0 Å². The highest BCUT2D eigenvalue weighted by Crippen LogP contribution is 2.43. The molecule has 2 heteroatoms. The minimum absolute atomic E-state index is 1.17. The van der Waals surface area contributed by atoms with Crippen LogP contribution in [0.2, 0.25) is 0 Å².